The summed E-state index contributed by atoms with van der Waals surface area (Å²) in [4.78, 5) is 10.6. The number of para-hydroxylation sites is 2. The highest BCUT2D eigenvalue weighted by molar-refractivity contribution is 6.51. The number of ether oxygens (including phenoxy) is 1. The van der Waals surface area contributed by atoms with Crippen LogP contribution in [0, 0.1) is 0 Å². The van der Waals surface area contributed by atoms with E-state index in [9.17, 15) is 5.11 Å². The van der Waals surface area contributed by atoms with Crippen molar-refractivity contribution in [3.63, 3.8) is 0 Å². The minimum atomic E-state index is -0.699. The zero-order chi connectivity index (χ0) is 18.6. The molecule has 1 aliphatic heterocycles. The van der Waals surface area contributed by atoms with Crippen molar-refractivity contribution in [1.29, 1.82) is 0 Å². The molecule has 25 heavy (non-hydrogen) atoms. The molecule has 0 amide bonds. The lowest BCUT2D eigenvalue weighted by molar-refractivity contribution is 0.136. The van der Waals surface area contributed by atoms with Crippen molar-refractivity contribution in [2.45, 2.75) is 24.9 Å². The molecule has 1 aliphatic rings. The Labute approximate surface area is 151 Å². The van der Waals surface area contributed by atoms with E-state index in [1.54, 1.807) is 20.5 Å². The van der Waals surface area contributed by atoms with Crippen LogP contribution in [0.1, 0.15) is 13.3 Å². The number of nitrogens with zero attached hydrogens (tertiary/aromatic N) is 4. The molecule has 0 aromatic heterocycles. The van der Waals surface area contributed by atoms with Crippen LogP contribution >= 0.6 is 0 Å². The fourth-order valence-corrected chi connectivity index (χ4v) is 3.68. The summed E-state index contributed by atoms with van der Waals surface area (Å²) >= 11 is 0. The summed E-state index contributed by atoms with van der Waals surface area (Å²) in [6, 6.07) is 8.17. The molecule has 7 heteroatoms. The van der Waals surface area contributed by atoms with Crippen LogP contribution in [0.5, 0.6) is 0 Å². The van der Waals surface area contributed by atoms with Gasteiger partial charge in [-0.05, 0) is 32.5 Å². The van der Waals surface area contributed by atoms with Crippen molar-refractivity contribution in [1.82, 2.24) is 4.90 Å². The van der Waals surface area contributed by atoms with Gasteiger partial charge in [0.15, 0.2) is 0 Å². The third-order valence-corrected chi connectivity index (χ3v) is 5.12. The maximum atomic E-state index is 10.7. The Hall–Kier alpha value is -2.15. The van der Waals surface area contributed by atoms with Crippen molar-refractivity contribution in [2.75, 3.05) is 44.5 Å². The molecule has 1 aromatic rings. The van der Waals surface area contributed by atoms with E-state index in [0.29, 0.717) is 14.2 Å². The predicted octanol–water partition coefficient (Wildman–Crippen LogP) is 2.03. The van der Waals surface area contributed by atoms with E-state index in [2.05, 4.69) is 40.4 Å². The summed E-state index contributed by atoms with van der Waals surface area (Å²) < 4.78 is 5.32. The summed E-state index contributed by atoms with van der Waals surface area (Å²) in [5, 5.41) is 10.7. The second-order valence-electron chi connectivity index (χ2n) is 6.69. The SMILES string of the molecule is C=C(O)C(C)(C(CCOC)N(C)/C=N\C)N1BN(C)c2ccccc21. The van der Waals surface area contributed by atoms with E-state index >= 15 is 0 Å². The first-order chi connectivity index (χ1) is 11.9. The largest absolute Gasteiger partial charge is 0.510 e. The van der Waals surface area contributed by atoms with Gasteiger partial charge in [0.05, 0.1) is 12.4 Å². The number of likely N-dealkylation sites (N-methyl/N-ethyl adjacent to an activating group) is 1. The molecule has 6 nitrogen and oxygen atoms in total. The third kappa shape index (κ3) is 3.47. The molecule has 0 saturated heterocycles. The maximum absolute atomic E-state index is 10.7. The Morgan fingerprint density at radius 1 is 1.48 bits per heavy atom. The van der Waals surface area contributed by atoms with Crippen LogP contribution in [0.3, 0.4) is 0 Å². The molecule has 0 fully saturated rings. The van der Waals surface area contributed by atoms with E-state index in [-0.39, 0.29) is 11.8 Å². The number of rotatable bonds is 8. The van der Waals surface area contributed by atoms with Crippen LogP contribution in [0.15, 0.2) is 41.6 Å². The highest BCUT2D eigenvalue weighted by atomic mass is 16.5. The smallest absolute Gasteiger partial charge is 0.357 e. The van der Waals surface area contributed by atoms with Gasteiger partial charge in [0, 0.05) is 39.2 Å². The number of methoxy groups -OCH3 is 1. The van der Waals surface area contributed by atoms with Gasteiger partial charge in [0.2, 0.25) is 0 Å². The summed E-state index contributed by atoms with van der Waals surface area (Å²) in [6.07, 6.45) is 2.52. The van der Waals surface area contributed by atoms with E-state index in [1.807, 2.05) is 31.0 Å². The number of aliphatic imine (C=N–C) groups is 1. The van der Waals surface area contributed by atoms with Crippen molar-refractivity contribution in [2.24, 2.45) is 4.99 Å². The lowest BCUT2D eigenvalue weighted by atomic mass is 9.81. The molecular formula is C18H29BN4O2. The number of aliphatic hydroxyl groups is 1. The Balaban J connectivity index is 2.50. The number of hydrogen-bond acceptors (Lipinski definition) is 5. The first kappa shape index (κ1) is 19.2. The number of hydrogen-bond donors (Lipinski definition) is 1. The van der Waals surface area contributed by atoms with Gasteiger partial charge in [-0.1, -0.05) is 18.7 Å². The summed E-state index contributed by atoms with van der Waals surface area (Å²) in [5.41, 5.74) is 1.54. The molecule has 2 rings (SSSR count). The van der Waals surface area contributed by atoms with E-state index in [4.69, 9.17) is 4.74 Å². The molecule has 0 aliphatic carbocycles. The van der Waals surface area contributed by atoms with E-state index in [1.165, 1.54) is 0 Å². The van der Waals surface area contributed by atoms with Crippen molar-refractivity contribution in [3.8, 4) is 0 Å². The van der Waals surface area contributed by atoms with Crippen LogP contribution < -0.4 is 9.62 Å². The highest BCUT2D eigenvalue weighted by Gasteiger charge is 2.47. The van der Waals surface area contributed by atoms with Gasteiger partial charge in [0.1, 0.15) is 11.3 Å². The zero-order valence-electron chi connectivity index (χ0n) is 15.9. The molecular weight excluding hydrogens is 315 g/mol. The second-order valence-corrected chi connectivity index (χ2v) is 6.69. The standard InChI is InChI=1S/C18H29BN4O2/c1-14(24)18(2,17(11-12-25-6)21(4)13-20-3)23-16-10-8-7-9-15(16)22(5)19-23/h7-10,13,17,19,24H,1,11-12H2,2-6H3/b20-13-. The average Bonchev–Trinajstić information content (AvgIpc) is 2.93. The minimum Gasteiger partial charge on any atom is -0.510 e. The quantitative estimate of drug-likeness (QED) is 0.339. The zero-order valence-corrected chi connectivity index (χ0v) is 15.9. The molecule has 0 bridgehead atoms. The van der Waals surface area contributed by atoms with Gasteiger partial charge >= 0.3 is 7.55 Å². The number of fused-ring (bicyclic) bond motifs is 1. The number of anilines is 2. The predicted molar refractivity (Wildman–Crippen MR) is 107 cm³/mol. The molecule has 2 unspecified atom stereocenters. The Morgan fingerprint density at radius 3 is 2.68 bits per heavy atom. The van der Waals surface area contributed by atoms with Crippen molar-refractivity contribution < 1.29 is 9.84 Å². The molecule has 136 valence electrons. The van der Waals surface area contributed by atoms with Gasteiger partial charge < -0.3 is 24.4 Å². The van der Waals surface area contributed by atoms with Gasteiger partial charge in [-0.2, -0.15) is 0 Å². The fourth-order valence-electron chi connectivity index (χ4n) is 3.68. The van der Waals surface area contributed by atoms with Crippen LogP contribution in [-0.2, 0) is 4.74 Å². The number of aliphatic hydroxyl groups excluding tert-OH is 1. The van der Waals surface area contributed by atoms with Crippen molar-refractivity contribution in [3.05, 3.63) is 36.6 Å². The van der Waals surface area contributed by atoms with Crippen LogP contribution in [-0.4, -0.2) is 70.3 Å². The lowest BCUT2D eigenvalue weighted by Gasteiger charge is -2.48. The Kier molecular flexibility index (Phi) is 6.00. The first-order valence-electron chi connectivity index (χ1n) is 8.47. The molecule has 1 N–H and O–H groups in total. The second kappa shape index (κ2) is 7.82. The number of benzene rings is 1. The van der Waals surface area contributed by atoms with Crippen molar-refractivity contribution >= 4 is 25.3 Å². The van der Waals surface area contributed by atoms with Crippen LogP contribution in [0.2, 0.25) is 0 Å². The van der Waals surface area contributed by atoms with Gasteiger partial charge in [0.25, 0.3) is 0 Å². The minimum absolute atomic E-state index is 0.0618. The highest BCUT2D eigenvalue weighted by Crippen LogP contribution is 2.42. The lowest BCUT2D eigenvalue weighted by Crippen LogP contribution is -2.62. The fraction of sp³-hybridized carbons (Fsp3) is 0.500. The third-order valence-electron chi connectivity index (χ3n) is 5.12. The molecule has 0 saturated carbocycles. The molecule has 0 spiro atoms. The topological polar surface area (TPSA) is 51.5 Å². The Bertz CT molecular complexity index is 639. The van der Waals surface area contributed by atoms with Gasteiger partial charge in [-0.15, -0.1) is 0 Å². The van der Waals surface area contributed by atoms with E-state index < -0.39 is 5.54 Å². The first-order valence-corrected chi connectivity index (χ1v) is 8.47. The molecule has 2 atom stereocenters. The Morgan fingerprint density at radius 2 is 2.12 bits per heavy atom. The maximum Gasteiger partial charge on any atom is 0.357 e. The molecule has 1 aromatic carbocycles. The van der Waals surface area contributed by atoms with Gasteiger partial charge in [-0.3, -0.25) is 4.99 Å². The summed E-state index contributed by atoms with van der Waals surface area (Å²) in [7, 11) is 8.14. The normalized spacial score (nSPS) is 17.2. The average molecular weight is 344 g/mol. The van der Waals surface area contributed by atoms with Crippen LogP contribution in [0.25, 0.3) is 0 Å². The molecule has 1 heterocycles. The van der Waals surface area contributed by atoms with E-state index in [0.717, 1.165) is 17.8 Å². The molecule has 0 radical (unpaired) electrons. The summed E-state index contributed by atoms with van der Waals surface area (Å²) in [5.74, 6) is 0.134. The van der Waals surface area contributed by atoms with Gasteiger partial charge in [-0.25, -0.2) is 0 Å². The summed E-state index contributed by atoms with van der Waals surface area (Å²) in [6.45, 7) is 6.54. The monoisotopic (exact) mass is 344 g/mol. The van der Waals surface area contributed by atoms with Crippen LogP contribution in [0.4, 0.5) is 11.4 Å².